The van der Waals surface area contributed by atoms with Gasteiger partial charge in [-0.25, -0.2) is 9.97 Å². The third-order valence-corrected chi connectivity index (χ3v) is 5.72. The minimum atomic E-state index is -0.165. The molecule has 24 heavy (non-hydrogen) atoms. The third kappa shape index (κ3) is 4.00. The molecule has 120 valence electrons. The Bertz CT molecular complexity index is 896. The van der Waals surface area contributed by atoms with Crippen LogP contribution in [0.25, 0.3) is 10.6 Å². The first-order valence-electron chi connectivity index (χ1n) is 6.95. The highest BCUT2D eigenvalue weighted by Crippen LogP contribution is 2.28. The van der Waals surface area contributed by atoms with Crippen LogP contribution in [0.1, 0.15) is 11.3 Å². The van der Waals surface area contributed by atoms with Crippen molar-refractivity contribution in [1.82, 2.24) is 9.97 Å². The molecule has 0 aliphatic rings. The Morgan fingerprint density at radius 2 is 2.21 bits per heavy atom. The van der Waals surface area contributed by atoms with Crippen LogP contribution in [0.3, 0.4) is 0 Å². The van der Waals surface area contributed by atoms with Gasteiger partial charge >= 0.3 is 0 Å². The summed E-state index contributed by atoms with van der Waals surface area (Å²) in [6, 6.07) is 9.62. The molecule has 0 radical (unpaired) electrons. The van der Waals surface area contributed by atoms with Crippen molar-refractivity contribution in [3.8, 4) is 16.6 Å². The van der Waals surface area contributed by atoms with Crippen LogP contribution in [0.2, 0.25) is 0 Å². The van der Waals surface area contributed by atoms with E-state index in [1.54, 1.807) is 17.4 Å². The van der Waals surface area contributed by atoms with Crippen molar-refractivity contribution < 1.29 is 4.79 Å². The van der Waals surface area contributed by atoms with Crippen LogP contribution in [0.15, 0.2) is 40.1 Å². The summed E-state index contributed by atoms with van der Waals surface area (Å²) in [5.74, 6) is 0.00959. The molecule has 0 aromatic carbocycles. The van der Waals surface area contributed by atoms with Crippen molar-refractivity contribution >= 4 is 45.5 Å². The van der Waals surface area contributed by atoms with E-state index in [-0.39, 0.29) is 11.7 Å². The van der Waals surface area contributed by atoms with Crippen LogP contribution in [-0.4, -0.2) is 21.6 Å². The molecule has 8 heteroatoms. The van der Waals surface area contributed by atoms with E-state index >= 15 is 0 Å². The molecule has 1 amide bonds. The predicted molar refractivity (Wildman–Crippen MR) is 98.5 cm³/mol. The van der Waals surface area contributed by atoms with Gasteiger partial charge in [0.25, 0.3) is 0 Å². The van der Waals surface area contributed by atoms with Crippen molar-refractivity contribution in [2.75, 3.05) is 11.1 Å². The Balaban J connectivity index is 1.70. The van der Waals surface area contributed by atoms with Gasteiger partial charge in [-0.15, -0.1) is 22.7 Å². The van der Waals surface area contributed by atoms with Gasteiger partial charge in [0.2, 0.25) is 5.91 Å². The molecule has 3 rings (SSSR count). The maximum atomic E-state index is 12.0. The fourth-order valence-electron chi connectivity index (χ4n) is 1.90. The monoisotopic (exact) mass is 372 g/mol. The first-order chi connectivity index (χ1) is 11.7. The van der Waals surface area contributed by atoms with Crippen LogP contribution < -0.4 is 5.32 Å². The number of thiazole rings is 1. The molecule has 0 saturated heterocycles. The summed E-state index contributed by atoms with van der Waals surface area (Å²) in [6.07, 6.45) is 0. The number of hydrogen-bond acceptors (Lipinski definition) is 7. The lowest BCUT2D eigenvalue weighted by Gasteiger charge is -2.05. The number of nitrogens with one attached hydrogen (secondary N) is 1. The van der Waals surface area contributed by atoms with Crippen molar-refractivity contribution in [2.45, 2.75) is 11.9 Å². The van der Waals surface area contributed by atoms with Crippen molar-refractivity contribution in [2.24, 2.45) is 0 Å². The molecule has 0 atom stereocenters. The quantitative estimate of drug-likeness (QED) is 0.680. The Morgan fingerprint density at radius 1 is 1.33 bits per heavy atom. The van der Waals surface area contributed by atoms with E-state index in [2.05, 4.69) is 21.4 Å². The largest absolute Gasteiger partial charge is 0.301 e. The predicted octanol–water partition coefficient (Wildman–Crippen LogP) is 4.18. The minimum Gasteiger partial charge on any atom is -0.301 e. The molecule has 0 fully saturated rings. The maximum Gasteiger partial charge on any atom is 0.236 e. The summed E-state index contributed by atoms with van der Waals surface area (Å²) < 4.78 is 0. The van der Waals surface area contributed by atoms with E-state index in [0.29, 0.717) is 15.7 Å². The number of anilines is 1. The molecule has 0 aliphatic heterocycles. The molecule has 0 spiro atoms. The Labute approximate surface area is 151 Å². The molecule has 3 aromatic heterocycles. The van der Waals surface area contributed by atoms with Gasteiger partial charge in [-0.05, 0) is 30.5 Å². The van der Waals surface area contributed by atoms with Gasteiger partial charge < -0.3 is 5.32 Å². The number of thiophene rings is 1. The van der Waals surface area contributed by atoms with Gasteiger partial charge in [0.15, 0.2) is 5.13 Å². The highest BCUT2D eigenvalue weighted by molar-refractivity contribution is 8.00. The fraction of sp³-hybridized carbons (Fsp3) is 0.125. The van der Waals surface area contributed by atoms with E-state index in [9.17, 15) is 10.1 Å². The third-order valence-electron chi connectivity index (χ3n) is 2.96. The Morgan fingerprint density at radius 3 is 2.88 bits per heavy atom. The summed E-state index contributed by atoms with van der Waals surface area (Å²) in [5, 5.41) is 17.0. The van der Waals surface area contributed by atoms with Gasteiger partial charge in [-0.1, -0.05) is 17.8 Å². The van der Waals surface area contributed by atoms with Crippen LogP contribution in [0.5, 0.6) is 0 Å². The number of carbonyl (C=O) groups is 1. The summed E-state index contributed by atoms with van der Waals surface area (Å²) >= 11 is 4.23. The standard InChI is InChI=1S/C16H12N4OS3/c1-10-8-24-16(18-10)20-14(21)9-23-15-11(7-17)4-5-12(19-15)13-3-2-6-22-13/h2-6,8H,9H2,1H3,(H,18,20,21). The number of amides is 1. The zero-order valence-corrected chi connectivity index (χ0v) is 15.1. The van der Waals surface area contributed by atoms with Crippen LogP contribution >= 0.6 is 34.4 Å². The summed E-state index contributed by atoms with van der Waals surface area (Å²) in [5.41, 5.74) is 2.15. The molecule has 0 aliphatic carbocycles. The van der Waals surface area contributed by atoms with Gasteiger partial charge in [-0.2, -0.15) is 5.26 Å². The number of nitrogens with zero attached hydrogens (tertiary/aromatic N) is 3. The normalized spacial score (nSPS) is 10.3. The molecule has 3 aromatic rings. The SMILES string of the molecule is Cc1csc(NC(=O)CSc2nc(-c3cccs3)ccc2C#N)n1. The molecule has 0 bridgehead atoms. The van der Waals surface area contributed by atoms with E-state index in [1.807, 2.05) is 35.9 Å². The van der Waals surface area contributed by atoms with Gasteiger partial charge in [0.1, 0.15) is 11.1 Å². The van der Waals surface area contributed by atoms with E-state index in [0.717, 1.165) is 16.3 Å². The second-order valence-electron chi connectivity index (χ2n) is 4.77. The summed E-state index contributed by atoms with van der Waals surface area (Å²) in [6.45, 7) is 1.88. The number of thioether (sulfide) groups is 1. The van der Waals surface area contributed by atoms with Crippen LogP contribution in [-0.2, 0) is 4.79 Å². The number of rotatable bonds is 5. The summed E-state index contributed by atoms with van der Waals surface area (Å²) in [4.78, 5) is 21.8. The van der Waals surface area contributed by atoms with Crippen LogP contribution in [0, 0.1) is 18.3 Å². The molecule has 0 saturated carbocycles. The Hall–Kier alpha value is -2.21. The number of hydrogen-bond donors (Lipinski definition) is 1. The highest BCUT2D eigenvalue weighted by Gasteiger charge is 2.12. The smallest absolute Gasteiger partial charge is 0.236 e. The first kappa shape index (κ1) is 16.6. The number of carbonyl (C=O) groups excluding carboxylic acids is 1. The van der Waals surface area contributed by atoms with Crippen molar-refractivity contribution in [3.05, 3.63) is 46.3 Å². The second kappa shape index (κ2) is 7.57. The van der Waals surface area contributed by atoms with E-state index in [4.69, 9.17) is 0 Å². The molecule has 0 unspecified atom stereocenters. The average Bonchev–Trinajstić information content (AvgIpc) is 3.24. The zero-order chi connectivity index (χ0) is 16.9. The first-order valence-corrected chi connectivity index (χ1v) is 9.70. The minimum absolute atomic E-state index is 0.165. The van der Waals surface area contributed by atoms with Gasteiger partial charge in [0, 0.05) is 5.38 Å². The molecule has 3 heterocycles. The topological polar surface area (TPSA) is 78.7 Å². The number of nitriles is 1. The molecular formula is C16H12N4OS3. The second-order valence-corrected chi connectivity index (χ2v) is 7.54. The molecule has 1 N–H and O–H groups in total. The van der Waals surface area contributed by atoms with E-state index in [1.165, 1.54) is 23.1 Å². The van der Waals surface area contributed by atoms with E-state index < -0.39 is 0 Å². The lowest BCUT2D eigenvalue weighted by Crippen LogP contribution is -2.14. The van der Waals surface area contributed by atoms with Crippen molar-refractivity contribution in [3.63, 3.8) is 0 Å². The average molecular weight is 373 g/mol. The maximum absolute atomic E-state index is 12.0. The van der Waals surface area contributed by atoms with Gasteiger partial charge in [-0.3, -0.25) is 4.79 Å². The van der Waals surface area contributed by atoms with Gasteiger partial charge in [0.05, 0.1) is 27.6 Å². The Kier molecular flexibility index (Phi) is 5.25. The highest BCUT2D eigenvalue weighted by atomic mass is 32.2. The summed E-state index contributed by atoms with van der Waals surface area (Å²) in [7, 11) is 0. The molecule has 5 nitrogen and oxygen atoms in total. The van der Waals surface area contributed by atoms with Crippen molar-refractivity contribution in [1.29, 1.82) is 5.26 Å². The fourth-order valence-corrected chi connectivity index (χ4v) is 4.07. The number of pyridine rings is 1. The van der Waals surface area contributed by atoms with Crippen LogP contribution in [0.4, 0.5) is 5.13 Å². The number of aromatic nitrogens is 2. The lowest BCUT2D eigenvalue weighted by atomic mass is 10.2. The lowest BCUT2D eigenvalue weighted by molar-refractivity contribution is -0.113. The molecular weight excluding hydrogens is 360 g/mol. The number of aryl methyl sites for hydroxylation is 1. The zero-order valence-electron chi connectivity index (χ0n) is 12.6.